The van der Waals surface area contributed by atoms with Gasteiger partial charge in [0.05, 0.1) is 17.1 Å². The molecule has 2 aromatic rings. The molecule has 3 N–H and O–H groups in total. The molecule has 5 nitrogen and oxygen atoms in total. The highest BCUT2D eigenvalue weighted by Gasteiger charge is 2.13. The minimum absolute atomic E-state index is 0.0956. The van der Waals surface area contributed by atoms with Crippen LogP contribution < -0.4 is 10.5 Å². The van der Waals surface area contributed by atoms with E-state index >= 15 is 0 Å². The molecule has 0 aliphatic rings. The highest BCUT2D eigenvalue weighted by atomic mass is 32.2. The van der Waals surface area contributed by atoms with Gasteiger partial charge < -0.3 is 5.73 Å². The summed E-state index contributed by atoms with van der Waals surface area (Å²) in [5.41, 5.74) is 7.99. The predicted molar refractivity (Wildman–Crippen MR) is 76.1 cm³/mol. The molecule has 0 aliphatic carbocycles. The second-order valence-corrected chi connectivity index (χ2v) is 5.96. The number of anilines is 2. The lowest BCUT2D eigenvalue weighted by atomic mass is 10.2. The van der Waals surface area contributed by atoms with E-state index in [0.717, 1.165) is 0 Å². The maximum Gasteiger partial charge on any atom is 0.236 e. The van der Waals surface area contributed by atoms with Gasteiger partial charge in [0, 0.05) is 11.9 Å². The van der Waals surface area contributed by atoms with Crippen molar-refractivity contribution in [1.82, 2.24) is 4.98 Å². The van der Waals surface area contributed by atoms with Crippen molar-refractivity contribution >= 4 is 21.4 Å². The van der Waals surface area contributed by atoms with Crippen LogP contribution in [0.1, 0.15) is 11.3 Å². The number of nitrogens with one attached hydrogen (secondary N) is 1. The zero-order valence-electron chi connectivity index (χ0n) is 10.5. The van der Waals surface area contributed by atoms with E-state index in [4.69, 9.17) is 5.73 Å². The fourth-order valence-corrected chi connectivity index (χ4v) is 2.88. The molecule has 6 heteroatoms. The van der Waals surface area contributed by atoms with Gasteiger partial charge in [0.2, 0.25) is 10.0 Å². The van der Waals surface area contributed by atoms with Gasteiger partial charge in [-0.15, -0.1) is 0 Å². The number of rotatable bonds is 4. The van der Waals surface area contributed by atoms with Gasteiger partial charge in [-0.25, -0.2) is 8.42 Å². The van der Waals surface area contributed by atoms with Gasteiger partial charge >= 0.3 is 0 Å². The molecule has 0 radical (unpaired) electrons. The largest absolute Gasteiger partial charge is 0.399 e. The molecule has 0 atom stereocenters. The molecule has 0 bridgehead atoms. The summed E-state index contributed by atoms with van der Waals surface area (Å²) in [6.45, 7) is 1.75. The van der Waals surface area contributed by atoms with Gasteiger partial charge in [0.1, 0.15) is 0 Å². The van der Waals surface area contributed by atoms with Crippen LogP contribution in [0.3, 0.4) is 0 Å². The Balaban J connectivity index is 2.15. The fourth-order valence-electron chi connectivity index (χ4n) is 1.63. The van der Waals surface area contributed by atoms with Gasteiger partial charge in [0.25, 0.3) is 0 Å². The van der Waals surface area contributed by atoms with Crippen LogP contribution in [0.25, 0.3) is 0 Å². The molecule has 1 heterocycles. The molecular weight excluding hydrogens is 262 g/mol. The average molecular weight is 277 g/mol. The Hall–Kier alpha value is -2.08. The summed E-state index contributed by atoms with van der Waals surface area (Å²) in [4.78, 5) is 4.04. The zero-order chi connectivity index (χ0) is 13.9. The first-order valence-electron chi connectivity index (χ1n) is 5.73. The van der Waals surface area contributed by atoms with Gasteiger partial charge in [-0.1, -0.05) is 12.1 Å². The van der Waals surface area contributed by atoms with Crippen molar-refractivity contribution in [3.8, 4) is 0 Å². The van der Waals surface area contributed by atoms with Crippen molar-refractivity contribution < 1.29 is 8.42 Å². The van der Waals surface area contributed by atoms with Crippen LogP contribution in [0.5, 0.6) is 0 Å². The molecule has 100 valence electrons. The number of aryl methyl sites for hydroxylation is 1. The standard InChI is InChI=1S/C13H15N3O2S/c1-10-13(3-2-8-15-10)16-19(17,18)9-11-4-6-12(14)7-5-11/h2-8,16H,9,14H2,1H3. The molecule has 0 unspecified atom stereocenters. The second-order valence-electron chi connectivity index (χ2n) is 4.24. The summed E-state index contributed by atoms with van der Waals surface area (Å²) in [6, 6.07) is 10.1. The van der Waals surface area contributed by atoms with E-state index in [1.54, 1.807) is 49.5 Å². The summed E-state index contributed by atoms with van der Waals surface area (Å²) in [5.74, 6) is -0.0956. The van der Waals surface area contributed by atoms with Gasteiger partial charge in [-0.2, -0.15) is 0 Å². The van der Waals surface area contributed by atoms with Crippen LogP contribution in [0.2, 0.25) is 0 Å². The Morgan fingerprint density at radius 3 is 2.53 bits per heavy atom. The van der Waals surface area contributed by atoms with E-state index in [2.05, 4.69) is 9.71 Å². The van der Waals surface area contributed by atoms with Crippen molar-refractivity contribution in [2.45, 2.75) is 12.7 Å². The Morgan fingerprint density at radius 2 is 1.89 bits per heavy atom. The molecule has 0 saturated carbocycles. The molecule has 1 aromatic heterocycles. The number of hydrogen-bond acceptors (Lipinski definition) is 4. The molecule has 2 rings (SSSR count). The minimum Gasteiger partial charge on any atom is -0.399 e. The van der Waals surface area contributed by atoms with Crippen LogP contribution in [0, 0.1) is 6.92 Å². The average Bonchev–Trinajstić information content (AvgIpc) is 2.35. The molecule has 0 aliphatic heterocycles. The number of nitrogen functional groups attached to an aromatic ring is 1. The zero-order valence-corrected chi connectivity index (χ0v) is 11.3. The lowest BCUT2D eigenvalue weighted by molar-refractivity contribution is 0.600. The number of aromatic nitrogens is 1. The first kappa shape index (κ1) is 13.4. The lowest BCUT2D eigenvalue weighted by Gasteiger charge is -2.09. The summed E-state index contributed by atoms with van der Waals surface area (Å²) >= 11 is 0. The van der Waals surface area contributed by atoms with E-state index in [0.29, 0.717) is 22.6 Å². The smallest absolute Gasteiger partial charge is 0.236 e. The van der Waals surface area contributed by atoms with Crippen molar-refractivity contribution in [3.63, 3.8) is 0 Å². The lowest BCUT2D eigenvalue weighted by Crippen LogP contribution is -2.16. The SMILES string of the molecule is Cc1ncccc1NS(=O)(=O)Cc1ccc(N)cc1. The topological polar surface area (TPSA) is 85.1 Å². The Morgan fingerprint density at radius 1 is 1.21 bits per heavy atom. The molecular formula is C13H15N3O2S. The molecule has 0 spiro atoms. The van der Waals surface area contributed by atoms with E-state index in [9.17, 15) is 8.42 Å². The van der Waals surface area contributed by atoms with Crippen LogP contribution in [-0.2, 0) is 15.8 Å². The third-order valence-electron chi connectivity index (χ3n) is 2.61. The van der Waals surface area contributed by atoms with Crippen molar-refractivity contribution in [2.24, 2.45) is 0 Å². The Labute approximate surface area is 112 Å². The van der Waals surface area contributed by atoms with Gasteiger partial charge in [-0.05, 0) is 36.8 Å². The fraction of sp³-hybridized carbons (Fsp3) is 0.154. The van der Waals surface area contributed by atoms with Crippen LogP contribution in [0.4, 0.5) is 11.4 Å². The van der Waals surface area contributed by atoms with Gasteiger partial charge in [0.15, 0.2) is 0 Å². The number of sulfonamides is 1. The van der Waals surface area contributed by atoms with Gasteiger partial charge in [-0.3, -0.25) is 9.71 Å². The monoisotopic (exact) mass is 277 g/mol. The summed E-state index contributed by atoms with van der Waals surface area (Å²) in [5, 5.41) is 0. The van der Waals surface area contributed by atoms with E-state index in [-0.39, 0.29) is 5.75 Å². The minimum atomic E-state index is -3.45. The highest BCUT2D eigenvalue weighted by Crippen LogP contribution is 2.15. The van der Waals surface area contributed by atoms with Crippen LogP contribution >= 0.6 is 0 Å². The number of pyridine rings is 1. The van der Waals surface area contributed by atoms with Crippen LogP contribution in [-0.4, -0.2) is 13.4 Å². The van der Waals surface area contributed by atoms with Crippen molar-refractivity contribution in [1.29, 1.82) is 0 Å². The van der Waals surface area contributed by atoms with E-state index < -0.39 is 10.0 Å². The Kier molecular flexibility index (Phi) is 3.71. The number of hydrogen-bond donors (Lipinski definition) is 2. The van der Waals surface area contributed by atoms with E-state index in [1.165, 1.54) is 0 Å². The highest BCUT2D eigenvalue weighted by molar-refractivity contribution is 7.91. The number of benzene rings is 1. The molecule has 0 amide bonds. The summed E-state index contributed by atoms with van der Waals surface area (Å²) in [7, 11) is -3.45. The molecule has 0 saturated heterocycles. The summed E-state index contributed by atoms with van der Waals surface area (Å²) in [6.07, 6.45) is 1.62. The third kappa shape index (κ3) is 3.69. The Bertz CT molecular complexity index is 667. The summed E-state index contributed by atoms with van der Waals surface area (Å²) < 4.78 is 26.6. The molecule has 1 aromatic carbocycles. The number of nitrogens with two attached hydrogens (primary N) is 1. The van der Waals surface area contributed by atoms with Crippen molar-refractivity contribution in [2.75, 3.05) is 10.5 Å². The van der Waals surface area contributed by atoms with Crippen molar-refractivity contribution in [3.05, 3.63) is 53.9 Å². The first-order chi connectivity index (χ1) is 8.96. The van der Waals surface area contributed by atoms with Crippen LogP contribution in [0.15, 0.2) is 42.6 Å². The maximum absolute atomic E-state index is 12.0. The normalized spacial score (nSPS) is 11.2. The second kappa shape index (κ2) is 5.27. The third-order valence-corrected chi connectivity index (χ3v) is 3.85. The molecule has 0 fully saturated rings. The molecule has 19 heavy (non-hydrogen) atoms. The first-order valence-corrected chi connectivity index (χ1v) is 7.38. The quantitative estimate of drug-likeness (QED) is 0.836. The predicted octanol–water partition coefficient (Wildman–Crippen LogP) is 1.91. The maximum atomic E-state index is 12.0. The number of nitrogens with zero attached hydrogens (tertiary/aromatic N) is 1. The van der Waals surface area contributed by atoms with E-state index in [1.807, 2.05) is 0 Å².